The highest BCUT2D eigenvalue weighted by Gasteiger charge is 2.29. The molecule has 0 saturated carbocycles. The number of nitrogens with zero attached hydrogens (tertiary/aromatic N) is 1. The van der Waals surface area contributed by atoms with Gasteiger partial charge in [0.05, 0.1) is 10.8 Å². The summed E-state index contributed by atoms with van der Waals surface area (Å²) in [6.07, 6.45) is 0. The molecule has 1 aromatic rings. The fraction of sp³-hybridized carbons (Fsp3) is 0.500. The minimum Gasteiger partial charge on any atom is -0.314 e. The smallest absolute Gasteiger partial charge is 0.218 e. The van der Waals surface area contributed by atoms with Gasteiger partial charge in [-0.1, -0.05) is 17.7 Å². The molecule has 7 heteroatoms. The number of hydrogen-bond donors (Lipinski definition) is 1. The van der Waals surface area contributed by atoms with E-state index in [1.807, 2.05) is 6.92 Å². The second kappa shape index (κ2) is 5.75. The minimum absolute atomic E-state index is 0.0546. The molecule has 4 nitrogen and oxygen atoms in total. The fourth-order valence-electron chi connectivity index (χ4n) is 2.16. The summed E-state index contributed by atoms with van der Waals surface area (Å²) in [5, 5.41) is 3.09. The summed E-state index contributed by atoms with van der Waals surface area (Å²) in [5.41, 5.74) is 0.497. The molecular weight excluding hydrogens is 291 g/mol. The van der Waals surface area contributed by atoms with Crippen molar-refractivity contribution in [2.45, 2.75) is 18.7 Å². The molecule has 19 heavy (non-hydrogen) atoms. The van der Waals surface area contributed by atoms with Crippen LogP contribution in [-0.4, -0.2) is 38.4 Å². The van der Waals surface area contributed by atoms with Crippen molar-refractivity contribution in [3.8, 4) is 0 Å². The first kappa shape index (κ1) is 14.7. The molecule has 2 rings (SSSR count). The van der Waals surface area contributed by atoms with E-state index < -0.39 is 15.8 Å². The van der Waals surface area contributed by atoms with Crippen LogP contribution >= 0.6 is 11.6 Å². The molecule has 0 aromatic heterocycles. The Bertz CT molecular complexity index is 565. The largest absolute Gasteiger partial charge is 0.314 e. The van der Waals surface area contributed by atoms with Crippen molar-refractivity contribution in [1.82, 2.24) is 9.62 Å². The molecule has 0 aliphatic carbocycles. The van der Waals surface area contributed by atoms with E-state index in [-0.39, 0.29) is 16.8 Å². The third kappa shape index (κ3) is 3.45. The second-order valence-electron chi connectivity index (χ2n) is 4.67. The van der Waals surface area contributed by atoms with E-state index in [1.54, 1.807) is 0 Å². The van der Waals surface area contributed by atoms with Crippen molar-refractivity contribution >= 4 is 21.6 Å². The van der Waals surface area contributed by atoms with Crippen molar-refractivity contribution in [2.24, 2.45) is 0 Å². The highest BCUT2D eigenvalue weighted by molar-refractivity contribution is 7.88. The van der Waals surface area contributed by atoms with Gasteiger partial charge in [-0.15, -0.1) is 0 Å². The summed E-state index contributed by atoms with van der Waals surface area (Å²) < 4.78 is 39.2. The first-order valence-electron chi connectivity index (χ1n) is 6.04. The van der Waals surface area contributed by atoms with Crippen LogP contribution < -0.4 is 5.32 Å². The molecule has 0 bridgehead atoms. The Labute approximate surface area is 117 Å². The Balaban J connectivity index is 2.18. The van der Waals surface area contributed by atoms with E-state index in [0.29, 0.717) is 25.2 Å². The van der Waals surface area contributed by atoms with Crippen LogP contribution in [0, 0.1) is 5.82 Å². The van der Waals surface area contributed by atoms with E-state index in [2.05, 4.69) is 5.32 Å². The molecule has 1 aliphatic rings. The quantitative estimate of drug-likeness (QED) is 0.923. The topological polar surface area (TPSA) is 49.4 Å². The number of sulfonamides is 1. The lowest BCUT2D eigenvalue weighted by Crippen LogP contribution is -2.52. The van der Waals surface area contributed by atoms with Crippen LogP contribution in [-0.2, 0) is 15.8 Å². The zero-order valence-electron chi connectivity index (χ0n) is 10.6. The molecule has 1 heterocycles. The third-order valence-corrected chi connectivity index (χ3v) is 5.38. The summed E-state index contributed by atoms with van der Waals surface area (Å²) in [7, 11) is -3.40. The lowest BCUT2D eigenvalue weighted by molar-refractivity contribution is 0.283. The molecule has 1 unspecified atom stereocenters. The van der Waals surface area contributed by atoms with Gasteiger partial charge in [0.2, 0.25) is 10.0 Å². The van der Waals surface area contributed by atoms with Gasteiger partial charge in [0, 0.05) is 25.7 Å². The molecule has 0 spiro atoms. The molecule has 1 fully saturated rings. The van der Waals surface area contributed by atoms with Gasteiger partial charge in [-0.25, -0.2) is 12.8 Å². The first-order chi connectivity index (χ1) is 8.90. The van der Waals surface area contributed by atoms with Crippen LogP contribution in [0.25, 0.3) is 0 Å². The number of piperazine rings is 1. The Morgan fingerprint density at radius 2 is 2.26 bits per heavy atom. The average molecular weight is 307 g/mol. The van der Waals surface area contributed by atoms with Crippen molar-refractivity contribution in [3.05, 3.63) is 34.6 Å². The van der Waals surface area contributed by atoms with Crippen LogP contribution in [0.3, 0.4) is 0 Å². The van der Waals surface area contributed by atoms with Crippen molar-refractivity contribution in [3.63, 3.8) is 0 Å². The van der Waals surface area contributed by atoms with Crippen molar-refractivity contribution in [1.29, 1.82) is 0 Å². The predicted molar refractivity (Wildman–Crippen MR) is 73.1 cm³/mol. The zero-order chi connectivity index (χ0) is 14.0. The first-order valence-corrected chi connectivity index (χ1v) is 8.03. The van der Waals surface area contributed by atoms with Crippen molar-refractivity contribution < 1.29 is 12.8 Å². The van der Waals surface area contributed by atoms with Crippen LogP contribution in [0.1, 0.15) is 12.5 Å². The van der Waals surface area contributed by atoms with Gasteiger partial charge in [0.1, 0.15) is 5.82 Å². The second-order valence-corrected chi connectivity index (χ2v) is 7.00. The van der Waals surface area contributed by atoms with Gasteiger partial charge in [-0.2, -0.15) is 4.31 Å². The lowest BCUT2D eigenvalue weighted by Gasteiger charge is -2.32. The highest BCUT2D eigenvalue weighted by Crippen LogP contribution is 2.20. The summed E-state index contributed by atoms with van der Waals surface area (Å²) in [5.74, 6) is -0.699. The van der Waals surface area contributed by atoms with E-state index in [4.69, 9.17) is 11.6 Å². The number of hydrogen-bond acceptors (Lipinski definition) is 3. The standard InChI is InChI=1S/C12H16ClFN2O2S/c1-9-7-15-4-5-16(9)19(17,18)8-10-2-3-12(14)11(13)6-10/h2-3,6,9,15H,4-5,7-8H2,1H3. The summed E-state index contributed by atoms with van der Waals surface area (Å²) >= 11 is 5.66. The Hall–Kier alpha value is -0.690. The Morgan fingerprint density at radius 3 is 2.89 bits per heavy atom. The maximum atomic E-state index is 13.0. The maximum absolute atomic E-state index is 13.0. The molecule has 1 aromatic carbocycles. The van der Waals surface area contributed by atoms with Gasteiger partial charge in [0.25, 0.3) is 0 Å². The van der Waals surface area contributed by atoms with E-state index in [1.165, 1.54) is 22.5 Å². The van der Waals surface area contributed by atoms with Crippen LogP contribution in [0.2, 0.25) is 5.02 Å². The van der Waals surface area contributed by atoms with Gasteiger partial charge in [-0.3, -0.25) is 0 Å². The number of nitrogens with one attached hydrogen (secondary N) is 1. The molecule has 106 valence electrons. The Kier molecular flexibility index (Phi) is 4.45. The zero-order valence-corrected chi connectivity index (χ0v) is 12.1. The molecule has 0 radical (unpaired) electrons. The number of rotatable bonds is 3. The highest BCUT2D eigenvalue weighted by atomic mass is 35.5. The molecular formula is C12H16ClFN2O2S. The Morgan fingerprint density at radius 1 is 1.53 bits per heavy atom. The van der Waals surface area contributed by atoms with Gasteiger partial charge >= 0.3 is 0 Å². The molecule has 1 aliphatic heterocycles. The maximum Gasteiger partial charge on any atom is 0.218 e. The van der Waals surface area contributed by atoms with Crippen LogP contribution in [0.4, 0.5) is 4.39 Å². The van der Waals surface area contributed by atoms with E-state index in [0.717, 1.165) is 0 Å². The van der Waals surface area contributed by atoms with Crippen LogP contribution in [0.15, 0.2) is 18.2 Å². The summed E-state index contributed by atoms with van der Waals surface area (Å²) in [6, 6.07) is 3.93. The number of benzene rings is 1. The minimum atomic E-state index is -3.40. The van der Waals surface area contributed by atoms with E-state index >= 15 is 0 Å². The monoisotopic (exact) mass is 306 g/mol. The van der Waals surface area contributed by atoms with Crippen molar-refractivity contribution in [2.75, 3.05) is 19.6 Å². The predicted octanol–water partition coefficient (Wildman–Crippen LogP) is 1.60. The van der Waals surface area contributed by atoms with Gasteiger partial charge in [0.15, 0.2) is 0 Å². The average Bonchev–Trinajstić information content (AvgIpc) is 2.34. The lowest BCUT2D eigenvalue weighted by atomic mass is 10.2. The molecule has 0 amide bonds. The summed E-state index contributed by atoms with van der Waals surface area (Å²) in [4.78, 5) is 0. The number of halogens is 2. The van der Waals surface area contributed by atoms with Gasteiger partial charge in [-0.05, 0) is 24.6 Å². The third-order valence-electron chi connectivity index (χ3n) is 3.13. The molecule has 1 atom stereocenters. The van der Waals surface area contributed by atoms with Gasteiger partial charge < -0.3 is 5.32 Å². The summed E-state index contributed by atoms with van der Waals surface area (Å²) in [6.45, 7) is 3.61. The van der Waals surface area contributed by atoms with Crippen LogP contribution in [0.5, 0.6) is 0 Å². The SMILES string of the molecule is CC1CNCCN1S(=O)(=O)Cc1ccc(F)c(Cl)c1. The molecule has 1 N–H and O–H groups in total. The molecule has 1 saturated heterocycles. The fourth-order valence-corrected chi connectivity index (χ4v) is 4.12. The normalized spacial score (nSPS) is 21.5. The van der Waals surface area contributed by atoms with E-state index in [9.17, 15) is 12.8 Å².